The molecule has 0 spiro atoms. The van der Waals surface area contributed by atoms with Crippen LogP contribution in [0.5, 0.6) is 0 Å². The molecular formula is C26H34FN3O2S. The van der Waals surface area contributed by atoms with Gasteiger partial charge in [-0.1, -0.05) is 32.9 Å². The van der Waals surface area contributed by atoms with Crippen molar-refractivity contribution in [3.05, 3.63) is 57.5 Å². The maximum Gasteiger partial charge on any atom is 0.223 e. The van der Waals surface area contributed by atoms with E-state index in [1.165, 1.54) is 16.5 Å². The Morgan fingerprint density at radius 1 is 1.03 bits per heavy atom. The molecule has 0 unspecified atom stereocenters. The molecule has 2 aliphatic heterocycles. The average Bonchev–Trinajstić information content (AvgIpc) is 3.25. The van der Waals surface area contributed by atoms with Gasteiger partial charge in [0, 0.05) is 57.0 Å². The van der Waals surface area contributed by atoms with Crippen molar-refractivity contribution in [1.29, 1.82) is 0 Å². The number of nitrogens with zero attached hydrogens (tertiary/aromatic N) is 3. The monoisotopic (exact) mass is 471 g/mol. The number of carbonyl (C=O) groups excluding carboxylic acids is 2. The molecule has 2 aromatic rings. The van der Waals surface area contributed by atoms with Gasteiger partial charge in [0.1, 0.15) is 5.82 Å². The van der Waals surface area contributed by atoms with E-state index in [1.807, 2.05) is 15.9 Å². The highest BCUT2D eigenvalue weighted by Gasteiger charge is 2.31. The SMILES string of the molecule is CC(C)(C)CC(=O)N1CCN(C(=O)CCN2CCc3sccc3[C@@H]2c2cccc(F)c2)CC1. The number of thiophene rings is 1. The van der Waals surface area contributed by atoms with Crippen LogP contribution in [-0.4, -0.2) is 65.8 Å². The fraction of sp³-hybridized carbons (Fsp3) is 0.538. The molecule has 0 aliphatic carbocycles. The Hall–Kier alpha value is -2.25. The fourth-order valence-electron chi connectivity index (χ4n) is 4.84. The number of piperazine rings is 1. The third-order valence-electron chi connectivity index (χ3n) is 6.51. The van der Waals surface area contributed by atoms with Gasteiger partial charge >= 0.3 is 0 Å². The zero-order valence-electron chi connectivity index (χ0n) is 19.8. The highest BCUT2D eigenvalue weighted by molar-refractivity contribution is 7.10. The standard InChI is InChI=1S/C26H34FN3O2S/c1-26(2,3)18-24(32)29-14-12-28(13-15-29)23(31)8-11-30-10-7-22-21(9-16-33-22)25(30)19-5-4-6-20(27)17-19/h4-6,9,16-17,25H,7-8,10-15,18H2,1-3H3/t25-/m0/s1. The Kier molecular flexibility index (Phi) is 7.19. The van der Waals surface area contributed by atoms with Gasteiger partial charge in [-0.3, -0.25) is 14.5 Å². The summed E-state index contributed by atoms with van der Waals surface area (Å²) >= 11 is 1.76. The molecule has 1 aromatic carbocycles. The Balaban J connectivity index is 1.35. The highest BCUT2D eigenvalue weighted by atomic mass is 32.1. The van der Waals surface area contributed by atoms with E-state index in [-0.39, 0.29) is 29.1 Å². The third kappa shape index (κ3) is 5.82. The molecule has 5 nitrogen and oxygen atoms in total. The molecule has 0 N–H and O–H groups in total. The summed E-state index contributed by atoms with van der Waals surface area (Å²) in [5, 5.41) is 2.10. The predicted octanol–water partition coefficient (Wildman–Crippen LogP) is 4.33. The number of carbonyl (C=O) groups is 2. The predicted molar refractivity (Wildman–Crippen MR) is 130 cm³/mol. The molecule has 178 valence electrons. The lowest BCUT2D eigenvalue weighted by Crippen LogP contribution is -2.51. The second-order valence-electron chi connectivity index (χ2n) is 10.3. The van der Waals surface area contributed by atoms with Crippen LogP contribution < -0.4 is 0 Å². The Labute approximate surface area is 200 Å². The summed E-state index contributed by atoms with van der Waals surface area (Å²) in [6.07, 6.45) is 1.92. The van der Waals surface area contributed by atoms with Crippen molar-refractivity contribution in [3.63, 3.8) is 0 Å². The maximum atomic E-state index is 14.0. The van der Waals surface area contributed by atoms with Crippen LogP contribution in [0.1, 0.15) is 55.7 Å². The normalized spacial score (nSPS) is 19.5. The summed E-state index contributed by atoms with van der Waals surface area (Å²) < 4.78 is 14.0. The van der Waals surface area contributed by atoms with Gasteiger partial charge in [0.05, 0.1) is 6.04 Å². The first-order valence-electron chi connectivity index (χ1n) is 11.8. The molecule has 2 aliphatic rings. The van der Waals surface area contributed by atoms with E-state index in [9.17, 15) is 14.0 Å². The molecule has 1 atom stereocenters. The van der Waals surface area contributed by atoms with E-state index in [1.54, 1.807) is 23.5 Å². The van der Waals surface area contributed by atoms with E-state index in [0.29, 0.717) is 45.6 Å². The molecule has 1 fully saturated rings. The average molecular weight is 472 g/mol. The van der Waals surface area contributed by atoms with Crippen LogP contribution in [0, 0.1) is 11.2 Å². The van der Waals surface area contributed by atoms with Gasteiger partial charge in [-0.15, -0.1) is 11.3 Å². The zero-order chi connectivity index (χ0) is 23.6. The van der Waals surface area contributed by atoms with Crippen molar-refractivity contribution in [3.8, 4) is 0 Å². The Bertz CT molecular complexity index is 991. The minimum Gasteiger partial charge on any atom is -0.339 e. The fourth-order valence-corrected chi connectivity index (χ4v) is 5.75. The lowest BCUT2D eigenvalue weighted by molar-refractivity contribution is -0.140. The van der Waals surface area contributed by atoms with E-state index in [0.717, 1.165) is 18.5 Å². The maximum absolute atomic E-state index is 14.0. The molecular weight excluding hydrogens is 437 g/mol. The highest BCUT2D eigenvalue weighted by Crippen LogP contribution is 2.38. The van der Waals surface area contributed by atoms with Crippen molar-refractivity contribution < 1.29 is 14.0 Å². The van der Waals surface area contributed by atoms with Crippen LogP contribution >= 0.6 is 11.3 Å². The molecule has 2 amide bonds. The largest absolute Gasteiger partial charge is 0.339 e. The summed E-state index contributed by atoms with van der Waals surface area (Å²) in [5.41, 5.74) is 2.14. The summed E-state index contributed by atoms with van der Waals surface area (Å²) in [6.45, 7) is 10.1. The summed E-state index contributed by atoms with van der Waals surface area (Å²) in [5.74, 6) is 0.0733. The topological polar surface area (TPSA) is 43.9 Å². The Morgan fingerprint density at radius 2 is 1.73 bits per heavy atom. The first-order chi connectivity index (χ1) is 15.7. The summed E-state index contributed by atoms with van der Waals surface area (Å²) in [6, 6.07) is 8.94. The summed E-state index contributed by atoms with van der Waals surface area (Å²) in [7, 11) is 0. The first kappa shape index (κ1) is 23.9. The van der Waals surface area contributed by atoms with Crippen molar-refractivity contribution in [2.24, 2.45) is 5.41 Å². The lowest BCUT2D eigenvalue weighted by atomic mass is 9.91. The van der Waals surface area contributed by atoms with Gasteiger partial charge in [-0.25, -0.2) is 4.39 Å². The Morgan fingerprint density at radius 3 is 2.39 bits per heavy atom. The summed E-state index contributed by atoms with van der Waals surface area (Å²) in [4.78, 5) is 32.9. The van der Waals surface area contributed by atoms with Crippen molar-refractivity contribution in [1.82, 2.24) is 14.7 Å². The number of fused-ring (bicyclic) bond motifs is 1. The number of rotatable bonds is 5. The van der Waals surface area contributed by atoms with Crippen molar-refractivity contribution in [2.75, 3.05) is 39.3 Å². The first-order valence-corrected chi connectivity index (χ1v) is 12.7. The second kappa shape index (κ2) is 9.94. The molecule has 0 bridgehead atoms. The van der Waals surface area contributed by atoms with Crippen LogP contribution in [0.4, 0.5) is 4.39 Å². The zero-order valence-corrected chi connectivity index (χ0v) is 20.7. The third-order valence-corrected chi connectivity index (χ3v) is 7.51. The molecule has 1 aromatic heterocycles. The second-order valence-corrected chi connectivity index (χ2v) is 11.3. The van der Waals surface area contributed by atoms with Crippen LogP contribution in [0.25, 0.3) is 0 Å². The van der Waals surface area contributed by atoms with Gasteiger partial charge in [0.25, 0.3) is 0 Å². The minimum atomic E-state index is -0.232. The van der Waals surface area contributed by atoms with Gasteiger partial charge in [0.15, 0.2) is 0 Å². The number of hydrogen-bond donors (Lipinski definition) is 0. The number of hydrogen-bond acceptors (Lipinski definition) is 4. The smallest absolute Gasteiger partial charge is 0.223 e. The molecule has 1 saturated heterocycles. The molecule has 4 rings (SSSR count). The van der Waals surface area contributed by atoms with Gasteiger partial charge < -0.3 is 9.80 Å². The van der Waals surface area contributed by atoms with Crippen LogP contribution in [0.2, 0.25) is 0 Å². The molecule has 7 heteroatoms. The number of halogens is 1. The molecule has 0 saturated carbocycles. The van der Waals surface area contributed by atoms with Crippen LogP contribution in [-0.2, 0) is 16.0 Å². The van der Waals surface area contributed by atoms with Gasteiger partial charge in [0.2, 0.25) is 11.8 Å². The van der Waals surface area contributed by atoms with E-state index in [2.05, 4.69) is 37.1 Å². The molecule has 3 heterocycles. The van der Waals surface area contributed by atoms with Crippen molar-refractivity contribution in [2.45, 2.75) is 46.1 Å². The lowest BCUT2D eigenvalue weighted by Gasteiger charge is -2.38. The van der Waals surface area contributed by atoms with Gasteiger partial charge in [-0.2, -0.15) is 0 Å². The molecule has 33 heavy (non-hydrogen) atoms. The minimum absolute atomic E-state index is 0.0182. The molecule has 0 radical (unpaired) electrons. The number of amides is 2. The van der Waals surface area contributed by atoms with Crippen LogP contribution in [0.3, 0.4) is 0 Å². The quantitative estimate of drug-likeness (QED) is 0.652. The van der Waals surface area contributed by atoms with Gasteiger partial charge in [-0.05, 0) is 46.5 Å². The van der Waals surface area contributed by atoms with Crippen LogP contribution in [0.15, 0.2) is 35.7 Å². The van der Waals surface area contributed by atoms with E-state index < -0.39 is 0 Å². The van der Waals surface area contributed by atoms with E-state index in [4.69, 9.17) is 0 Å². The number of benzene rings is 1. The van der Waals surface area contributed by atoms with E-state index >= 15 is 0 Å². The van der Waals surface area contributed by atoms with Crippen molar-refractivity contribution >= 4 is 23.2 Å².